The molecule has 0 nitrogen and oxygen atoms in total. The zero-order valence-electron chi connectivity index (χ0n) is 5.29. The SMILES string of the molecule is CC(C)[C](=[W])[CH]=[W].[W]=[W]. The van der Waals surface area contributed by atoms with E-state index in [2.05, 4.69) is 18.2 Å². The number of hydrogen-bond acceptors (Lipinski definition) is 0. The Labute approximate surface area is 97.6 Å². The fourth-order valence-corrected chi connectivity index (χ4v) is 1.11. The van der Waals surface area contributed by atoms with E-state index in [9.17, 15) is 0 Å². The Bertz CT molecular complexity index is 97.1. The minimum absolute atomic E-state index is 0.785. The first-order valence-corrected chi connectivity index (χ1v) is 16.5. The van der Waals surface area contributed by atoms with Crippen LogP contribution in [0, 0.1) is 5.92 Å². The Balaban J connectivity index is 0. The fraction of sp³-hybridized carbons (Fsp3) is 0.600. The summed E-state index contributed by atoms with van der Waals surface area (Å²) >= 11 is 6.54. The minimum atomic E-state index is 0.785. The Hall–Kier alpha value is 2.49. The third-order valence-electron chi connectivity index (χ3n) is 0.685. The summed E-state index contributed by atoms with van der Waals surface area (Å²) in [5, 5.41) is 0. The van der Waals surface area contributed by atoms with Gasteiger partial charge >= 0.3 is 99.2 Å². The zero-order chi connectivity index (χ0) is 7.86. The van der Waals surface area contributed by atoms with Crippen LogP contribution in [0.2, 0.25) is 0 Å². The molecule has 0 aromatic rings. The summed E-state index contributed by atoms with van der Waals surface area (Å²) in [6.45, 7) is 4.48. The van der Waals surface area contributed by atoms with Crippen LogP contribution in [0.1, 0.15) is 13.8 Å². The summed E-state index contributed by atoms with van der Waals surface area (Å²) in [5.41, 5.74) is 0. The Kier molecular flexibility index (Phi) is 16.4. The van der Waals surface area contributed by atoms with E-state index in [0.717, 1.165) is 5.92 Å². The Morgan fingerprint density at radius 2 is 1.67 bits per heavy atom. The molecule has 0 amide bonds. The van der Waals surface area contributed by atoms with Gasteiger partial charge in [-0.3, -0.25) is 0 Å². The Morgan fingerprint density at radius 3 is 1.67 bits per heavy atom. The van der Waals surface area contributed by atoms with Gasteiger partial charge in [0.15, 0.2) is 0 Å². The molecule has 0 saturated carbocycles. The number of hydrogen-bond donors (Lipinski definition) is 0. The third-order valence-corrected chi connectivity index (χ3v) is 6.04. The molecule has 0 aromatic heterocycles. The molecule has 0 heterocycles. The van der Waals surface area contributed by atoms with E-state index in [1.807, 2.05) is 0 Å². The fourth-order valence-electron chi connectivity index (χ4n) is 0.136. The van der Waals surface area contributed by atoms with Crippen LogP contribution >= 0.6 is 0 Å². The summed E-state index contributed by atoms with van der Waals surface area (Å²) in [5.74, 6) is 0.785. The van der Waals surface area contributed by atoms with Gasteiger partial charge in [-0.25, -0.2) is 0 Å². The first-order valence-electron chi connectivity index (χ1n) is 2.34. The average molecular weight is 803 g/mol. The third kappa shape index (κ3) is 10.5. The molecule has 0 aliphatic heterocycles. The Morgan fingerprint density at radius 1 is 1.33 bits per heavy atom. The quantitative estimate of drug-likeness (QED) is 0.387. The van der Waals surface area contributed by atoms with E-state index in [1.54, 1.807) is 75.0 Å². The van der Waals surface area contributed by atoms with Gasteiger partial charge in [0.25, 0.3) is 0 Å². The van der Waals surface area contributed by atoms with Crippen molar-refractivity contribution in [1.29, 1.82) is 0 Å². The molecule has 0 aromatic carbocycles. The van der Waals surface area contributed by atoms with Crippen LogP contribution in [-0.2, 0) is 71.2 Å². The predicted octanol–water partition coefficient (Wildman–Crippen LogP) is 0.706. The maximum absolute atomic E-state index is 2.28. The summed E-state index contributed by atoms with van der Waals surface area (Å²) in [6.07, 6.45) is 0. The van der Waals surface area contributed by atoms with E-state index >= 15 is 0 Å². The molecule has 0 atom stereocenters. The van der Waals surface area contributed by atoms with Crippen molar-refractivity contribution in [3.63, 3.8) is 0 Å². The second-order valence-electron chi connectivity index (χ2n) is 1.67. The van der Waals surface area contributed by atoms with Gasteiger partial charge in [0.05, 0.1) is 0 Å². The van der Waals surface area contributed by atoms with E-state index in [4.69, 9.17) is 0 Å². The predicted molar refractivity (Wildman–Crippen MR) is 25.9 cm³/mol. The van der Waals surface area contributed by atoms with Crippen molar-refractivity contribution in [3.05, 3.63) is 0 Å². The van der Waals surface area contributed by atoms with Crippen LogP contribution < -0.4 is 0 Å². The van der Waals surface area contributed by atoms with E-state index < -0.39 is 0 Å². The average Bonchev–Trinajstić information content (AvgIpc) is 1.91. The summed E-state index contributed by atoms with van der Waals surface area (Å²) in [4.78, 5) is 0. The van der Waals surface area contributed by atoms with Crippen LogP contribution in [0.25, 0.3) is 0 Å². The van der Waals surface area contributed by atoms with Crippen molar-refractivity contribution in [2.24, 2.45) is 5.92 Å². The zero-order valence-corrected chi connectivity index (χ0v) is 17.0. The molecule has 0 rings (SSSR count). The summed E-state index contributed by atoms with van der Waals surface area (Å²) in [7, 11) is 0. The molecule has 4 heteroatoms. The van der Waals surface area contributed by atoms with Crippen molar-refractivity contribution in [2.75, 3.05) is 0 Å². The summed E-state index contributed by atoms with van der Waals surface area (Å²) < 4.78 is 3.87. The monoisotopic (exact) mass is 804 g/mol. The molecule has 0 saturated heterocycles. The van der Waals surface area contributed by atoms with Crippen molar-refractivity contribution in [2.45, 2.75) is 13.8 Å². The van der Waals surface area contributed by atoms with Crippen molar-refractivity contribution < 1.29 is 71.2 Å². The first kappa shape index (κ1) is 14.0. The van der Waals surface area contributed by atoms with E-state index in [1.165, 1.54) is 0 Å². The second-order valence-corrected chi connectivity index (χ2v) is 4.22. The molecule has 0 aliphatic carbocycles. The van der Waals surface area contributed by atoms with Crippen LogP contribution in [0.15, 0.2) is 0 Å². The molecule has 9 heavy (non-hydrogen) atoms. The second kappa shape index (κ2) is 10.5. The standard InChI is InChI=1S/C5H8.4W/c1-4-5(2)3;;;;/h1,5H,2-3H3;;;;. The molecule has 0 N–H and O–H groups in total. The van der Waals surface area contributed by atoms with Crippen LogP contribution in [0.4, 0.5) is 0 Å². The molecule has 0 bridgehead atoms. The van der Waals surface area contributed by atoms with Gasteiger partial charge in [-0.15, -0.1) is 0 Å². The van der Waals surface area contributed by atoms with Gasteiger partial charge in [-0.05, 0) is 0 Å². The normalized spacial score (nSPS) is 7.44. The van der Waals surface area contributed by atoms with Gasteiger partial charge in [-0.1, -0.05) is 0 Å². The van der Waals surface area contributed by atoms with E-state index in [-0.39, 0.29) is 0 Å². The van der Waals surface area contributed by atoms with Crippen LogP contribution in [0.5, 0.6) is 0 Å². The van der Waals surface area contributed by atoms with Crippen LogP contribution in [-0.4, -0.2) is 8.30 Å². The molecule has 0 radical (unpaired) electrons. The molecule has 0 spiro atoms. The molecular weight excluding hydrogens is 795 g/mol. The topological polar surface area (TPSA) is 0 Å². The first-order chi connectivity index (χ1) is 4.18. The van der Waals surface area contributed by atoms with Crippen LogP contribution in [0.3, 0.4) is 0 Å². The van der Waals surface area contributed by atoms with Crippen molar-refractivity contribution in [1.82, 2.24) is 0 Å². The molecular formula is C5H8W4. The molecule has 0 unspecified atom stereocenters. The summed E-state index contributed by atoms with van der Waals surface area (Å²) in [6, 6.07) is 0. The van der Waals surface area contributed by atoms with Gasteiger partial charge in [0.2, 0.25) is 0 Å². The van der Waals surface area contributed by atoms with E-state index in [0.29, 0.717) is 0 Å². The molecule has 0 aliphatic rings. The maximum atomic E-state index is 2.28. The van der Waals surface area contributed by atoms with Gasteiger partial charge < -0.3 is 0 Å². The molecule has 52 valence electrons. The van der Waals surface area contributed by atoms with Crippen molar-refractivity contribution >= 4 is 8.30 Å². The number of rotatable bonds is 2. The molecule has 0 fully saturated rings. The van der Waals surface area contributed by atoms with Crippen molar-refractivity contribution in [3.8, 4) is 0 Å². The van der Waals surface area contributed by atoms with Gasteiger partial charge in [-0.2, -0.15) is 0 Å². The van der Waals surface area contributed by atoms with Gasteiger partial charge in [0.1, 0.15) is 0 Å². The van der Waals surface area contributed by atoms with Gasteiger partial charge in [0, 0.05) is 0 Å².